The fourth-order valence-electron chi connectivity index (χ4n) is 4.89. The minimum Gasteiger partial charge on any atom is -0.445 e. The summed E-state index contributed by atoms with van der Waals surface area (Å²) in [4.78, 5) is 69.0. The van der Waals surface area contributed by atoms with Gasteiger partial charge in [-0.25, -0.2) is 9.80 Å². The highest BCUT2D eigenvalue weighted by Gasteiger charge is 2.45. The van der Waals surface area contributed by atoms with Crippen molar-refractivity contribution in [1.29, 1.82) is 0 Å². The molecule has 3 atom stereocenters. The number of hydrazine groups is 1. The number of nitrogens with one attached hydrogen (secondary N) is 1. The third-order valence-electron chi connectivity index (χ3n) is 6.79. The van der Waals surface area contributed by atoms with Crippen LogP contribution in [0.3, 0.4) is 0 Å². The van der Waals surface area contributed by atoms with Gasteiger partial charge in [-0.05, 0) is 36.8 Å². The predicted octanol–water partition coefficient (Wildman–Crippen LogP) is 0.764. The molecule has 16 heteroatoms. The van der Waals surface area contributed by atoms with Crippen LogP contribution in [0.2, 0.25) is 0 Å². The summed E-state index contributed by atoms with van der Waals surface area (Å²) < 4.78 is 5.42. The number of nitrogens with zero attached hydrogens (tertiary/aromatic N) is 5. The highest BCUT2D eigenvalue weighted by molar-refractivity contribution is 8.00. The fraction of sp³-hybridized carbons (Fsp3) is 0.615. The zero-order chi connectivity index (χ0) is 30.8. The standard InChI is InChI=1S/C26H38N6O9S/c1-4-30(28-12-10-27-11-13-28)23(35)16-31(41-18(3)33)25(36)24(42-5-2)22-14-21(34)15-29(22)26(37)40-17-19-6-8-20(9-7-19)32(38)39/h6-9,21-22,24,27,34H,4-5,10-17H2,1-3H3/t21-,22-,24?/m0/s1. The monoisotopic (exact) mass is 610 g/mol. The van der Waals surface area contributed by atoms with E-state index in [1.165, 1.54) is 45.9 Å². The molecule has 0 aromatic heterocycles. The number of hydroxylamine groups is 2. The Labute approximate surface area is 248 Å². The summed E-state index contributed by atoms with van der Waals surface area (Å²) >= 11 is 1.20. The number of likely N-dealkylation sites (N-methyl/N-ethyl adjacent to an activating group) is 1. The average molecular weight is 611 g/mol. The van der Waals surface area contributed by atoms with Crippen molar-refractivity contribution in [3.8, 4) is 0 Å². The predicted molar refractivity (Wildman–Crippen MR) is 152 cm³/mol. The van der Waals surface area contributed by atoms with Crippen molar-refractivity contribution in [3.05, 3.63) is 39.9 Å². The summed E-state index contributed by atoms with van der Waals surface area (Å²) in [7, 11) is 0. The molecule has 1 unspecified atom stereocenters. The number of aliphatic hydroxyl groups is 1. The Morgan fingerprint density at radius 3 is 2.43 bits per heavy atom. The fourth-order valence-corrected chi connectivity index (χ4v) is 5.99. The Bertz CT molecular complexity index is 1120. The van der Waals surface area contributed by atoms with E-state index in [-0.39, 0.29) is 25.3 Å². The molecule has 2 saturated heterocycles. The van der Waals surface area contributed by atoms with Crippen molar-refractivity contribution in [3.63, 3.8) is 0 Å². The minimum atomic E-state index is -0.972. The summed E-state index contributed by atoms with van der Waals surface area (Å²) in [5, 5.41) is 27.7. The van der Waals surface area contributed by atoms with Gasteiger partial charge in [-0.15, -0.1) is 11.8 Å². The van der Waals surface area contributed by atoms with E-state index in [0.29, 0.717) is 44.0 Å². The lowest BCUT2D eigenvalue weighted by atomic mass is 10.1. The Balaban J connectivity index is 1.75. The Morgan fingerprint density at radius 1 is 1.19 bits per heavy atom. The van der Waals surface area contributed by atoms with Crippen LogP contribution in [0.5, 0.6) is 0 Å². The number of nitro groups is 1. The van der Waals surface area contributed by atoms with Gasteiger partial charge in [0.05, 0.1) is 23.6 Å². The molecular weight excluding hydrogens is 572 g/mol. The molecule has 3 rings (SSSR count). The number of non-ortho nitro benzene ring substituents is 1. The lowest BCUT2D eigenvalue weighted by Gasteiger charge is -2.38. The number of thioether (sulfide) groups is 1. The number of hydrogen-bond acceptors (Lipinski definition) is 12. The lowest BCUT2D eigenvalue weighted by Crippen LogP contribution is -2.57. The molecule has 2 fully saturated rings. The maximum atomic E-state index is 13.8. The second-order valence-electron chi connectivity index (χ2n) is 9.73. The molecule has 2 N–H and O–H groups in total. The largest absolute Gasteiger partial charge is 0.445 e. The van der Waals surface area contributed by atoms with E-state index in [4.69, 9.17) is 9.57 Å². The number of ether oxygens (including phenoxy) is 1. The van der Waals surface area contributed by atoms with Gasteiger partial charge in [-0.2, -0.15) is 5.06 Å². The van der Waals surface area contributed by atoms with Gasteiger partial charge in [0, 0.05) is 51.8 Å². The Hall–Kier alpha value is -3.47. The second kappa shape index (κ2) is 15.7. The molecule has 0 aliphatic carbocycles. The number of piperazine rings is 1. The van der Waals surface area contributed by atoms with E-state index in [1.807, 2.05) is 18.9 Å². The van der Waals surface area contributed by atoms with E-state index in [2.05, 4.69) is 5.32 Å². The van der Waals surface area contributed by atoms with Crippen LogP contribution in [0.25, 0.3) is 0 Å². The molecule has 0 spiro atoms. The first-order chi connectivity index (χ1) is 20.0. The molecular formula is C26H38N6O9S. The van der Waals surface area contributed by atoms with Gasteiger partial charge < -0.3 is 24.9 Å². The number of β-amino-alcohol motifs (C(OH)–C–C–N with tert-alkyl or cyclic N) is 1. The number of nitro benzene ring substituents is 1. The number of amides is 3. The summed E-state index contributed by atoms with van der Waals surface area (Å²) in [6.07, 6.45) is -1.64. The summed E-state index contributed by atoms with van der Waals surface area (Å²) in [6, 6.07) is 4.71. The smallest absolute Gasteiger partial charge is 0.410 e. The number of benzene rings is 1. The normalized spacial score (nSPS) is 19.6. The average Bonchev–Trinajstić information content (AvgIpc) is 3.36. The topological polar surface area (TPSA) is 175 Å². The van der Waals surface area contributed by atoms with Gasteiger partial charge in [0.25, 0.3) is 17.5 Å². The Kier molecular flexibility index (Phi) is 12.3. The number of hydrogen-bond donors (Lipinski definition) is 2. The molecule has 2 aliphatic heterocycles. The highest BCUT2D eigenvalue weighted by atomic mass is 32.2. The van der Waals surface area contributed by atoms with Crippen LogP contribution in [0.15, 0.2) is 24.3 Å². The number of aliphatic hydroxyl groups excluding tert-OH is 1. The molecule has 3 amide bonds. The van der Waals surface area contributed by atoms with E-state index in [1.54, 1.807) is 0 Å². The van der Waals surface area contributed by atoms with Gasteiger partial charge in [-0.1, -0.05) is 6.92 Å². The third-order valence-corrected chi connectivity index (χ3v) is 8.00. The number of carbonyl (C=O) groups excluding carboxylic acids is 4. The van der Waals surface area contributed by atoms with Crippen molar-refractivity contribution in [1.82, 2.24) is 25.3 Å². The zero-order valence-electron chi connectivity index (χ0n) is 24.0. The van der Waals surface area contributed by atoms with Crippen LogP contribution < -0.4 is 5.32 Å². The Morgan fingerprint density at radius 2 is 1.86 bits per heavy atom. The molecule has 0 saturated carbocycles. The van der Waals surface area contributed by atoms with Crippen LogP contribution in [0.4, 0.5) is 10.5 Å². The number of carbonyl (C=O) groups is 4. The molecule has 232 valence electrons. The van der Waals surface area contributed by atoms with Crippen LogP contribution >= 0.6 is 11.8 Å². The van der Waals surface area contributed by atoms with E-state index < -0.39 is 52.7 Å². The summed E-state index contributed by atoms with van der Waals surface area (Å²) in [5.41, 5.74) is 0.418. The highest BCUT2D eigenvalue weighted by Crippen LogP contribution is 2.30. The van der Waals surface area contributed by atoms with Crippen molar-refractivity contribution >= 4 is 41.3 Å². The molecule has 0 bridgehead atoms. The van der Waals surface area contributed by atoms with E-state index in [9.17, 15) is 34.4 Å². The summed E-state index contributed by atoms with van der Waals surface area (Å²) in [6.45, 7) is 6.94. The first-order valence-electron chi connectivity index (χ1n) is 13.8. The van der Waals surface area contributed by atoms with Gasteiger partial charge >= 0.3 is 12.1 Å². The zero-order valence-corrected chi connectivity index (χ0v) is 24.8. The van der Waals surface area contributed by atoms with Crippen LogP contribution in [0.1, 0.15) is 32.8 Å². The van der Waals surface area contributed by atoms with Crippen LogP contribution in [0, 0.1) is 10.1 Å². The lowest BCUT2D eigenvalue weighted by molar-refractivity contribution is -0.384. The van der Waals surface area contributed by atoms with E-state index in [0.717, 1.165) is 12.0 Å². The maximum Gasteiger partial charge on any atom is 0.410 e. The summed E-state index contributed by atoms with van der Waals surface area (Å²) in [5.74, 6) is -1.44. The molecule has 42 heavy (non-hydrogen) atoms. The molecule has 2 heterocycles. The molecule has 1 aromatic rings. The van der Waals surface area contributed by atoms with Crippen LogP contribution in [-0.4, -0.2) is 123 Å². The van der Waals surface area contributed by atoms with Gasteiger partial charge in [0.15, 0.2) is 0 Å². The molecule has 15 nitrogen and oxygen atoms in total. The van der Waals surface area contributed by atoms with Crippen molar-refractivity contribution in [2.24, 2.45) is 0 Å². The molecule has 0 radical (unpaired) electrons. The molecule has 2 aliphatic rings. The SMILES string of the molecule is CCSC(C(=O)N(CC(=O)N(CC)N1CCNCC1)OC(C)=O)[C@@H]1C[C@H](O)CN1C(=O)OCc1ccc([N+](=O)[O-])cc1. The first-order valence-corrected chi connectivity index (χ1v) is 14.8. The first kappa shape index (κ1) is 33.0. The van der Waals surface area contributed by atoms with Gasteiger partial charge in [0.1, 0.15) is 18.4 Å². The quantitative estimate of drug-likeness (QED) is 0.266. The molecule has 1 aromatic carbocycles. The van der Waals surface area contributed by atoms with Gasteiger partial charge in [-0.3, -0.25) is 29.5 Å². The third kappa shape index (κ3) is 8.77. The van der Waals surface area contributed by atoms with Crippen molar-refractivity contribution < 1.29 is 38.8 Å². The minimum absolute atomic E-state index is 0.0692. The maximum absolute atomic E-state index is 13.8. The van der Waals surface area contributed by atoms with Crippen LogP contribution in [-0.2, 0) is 30.6 Å². The number of likely N-dealkylation sites (tertiary alicyclic amines) is 1. The second-order valence-corrected chi connectivity index (χ2v) is 11.2. The van der Waals surface area contributed by atoms with Gasteiger partial charge in [0.2, 0.25) is 0 Å². The van der Waals surface area contributed by atoms with Crippen molar-refractivity contribution in [2.75, 3.05) is 51.6 Å². The van der Waals surface area contributed by atoms with Crippen molar-refractivity contribution in [2.45, 2.75) is 51.2 Å². The van der Waals surface area contributed by atoms with E-state index >= 15 is 0 Å². The number of rotatable bonds is 11.